The zero-order valence-corrected chi connectivity index (χ0v) is 9.69. The molecular formula is C13H16N4. The van der Waals surface area contributed by atoms with Crippen LogP contribution in [0.3, 0.4) is 0 Å². The van der Waals surface area contributed by atoms with Crippen LogP contribution in [0.15, 0.2) is 24.3 Å². The average molecular weight is 228 g/mol. The summed E-state index contributed by atoms with van der Waals surface area (Å²) in [5.41, 5.74) is 7.63. The molecule has 0 bridgehead atoms. The zero-order chi connectivity index (χ0) is 11.7. The van der Waals surface area contributed by atoms with Gasteiger partial charge in [0.25, 0.3) is 0 Å². The molecule has 3 N–H and O–H groups in total. The van der Waals surface area contributed by atoms with Gasteiger partial charge >= 0.3 is 0 Å². The third-order valence-corrected chi connectivity index (χ3v) is 3.38. The molecule has 0 amide bonds. The summed E-state index contributed by atoms with van der Waals surface area (Å²) >= 11 is 0. The number of nitrogen functional groups attached to an aromatic ring is 1. The zero-order valence-electron chi connectivity index (χ0n) is 9.69. The van der Waals surface area contributed by atoms with Crippen molar-refractivity contribution in [1.82, 2.24) is 9.97 Å². The van der Waals surface area contributed by atoms with E-state index in [0.29, 0.717) is 5.82 Å². The maximum Gasteiger partial charge on any atom is 0.169 e. The first-order valence-electron chi connectivity index (χ1n) is 6.09. The first-order valence-corrected chi connectivity index (χ1v) is 6.09. The predicted molar refractivity (Wildman–Crippen MR) is 69.8 cm³/mol. The molecule has 17 heavy (non-hydrogen) atoms. The minimum Gasteiger partial charge on any atom is -0.381 e. The largest absolute Gasteiger partial charge is 0.381 e. The van der Waals surface area contributed by atoms with E-state index in [4.69, 9.17) is 5.73 Å². The van der Waals surface area contributed by atoms with Crippen molar-refractivity contribution in [1.29, 1.82) is 0 Å². The maximum atomic E-state index is 5.90. The van der Waals surface area contributed by atoms with Gasteiger partial charge in [-0.25, -0.2) is 9.97 Å². The van der Waals surface area contributed by atoms with Crippen LogP contribution in [0.4, 0.5) is 11.6 Å². The minimum absolute atomic E-state index is 0.489. The van der Waals surface area contributed by atoms with Gasteiger partial charge in [0.05, 0.1) is 11.0 Å². The van der Waals surface area contributed by atoms with Gasteiger partial charge in [-0.05, 0) is 30.9 Å². The smallest absolute Gasteiger partial charge is 0.169 e. The Morgan fingerprint density at radius 3 is 2.53 bits per heavy atom. The molecule has 1 aliphatic carbocycles. The van der Waals surface area contributed by atoms with Crippen molar-refractivity contribution in [3.8, 4) is 0 Å². The van der Waals surface area contributed by atoms with Gasteiger partial charge in [-0.2, -0.15) is 0 Å². The van der Waals surface area contributed by atoms with E-state index in [0.717, 1.165) is 29.3 Å². The van der Waals surface area contributed by atoms with Gasteiger partial charge in [0.1, 0.15) is 0 Å². The number of aromatic nitrogens is 2. The molecule has 2 aromatic rings. The van der Waals surface area contributed by atoms with E-state index in [2.05, 4.69) is 15.3 Å². The number of rotatable bonds is 3. The average Bonchev–Trinajstić information content (AvgIpc) is 2.27. The normalized spacial score (nSPS) is 15.8. The Hall–Kier alpha value is -1.84. The third-order valence-electron chi connectivity index (χ3n) is 3.38. The lowest BCUT2D eigenvalue weighted by atomic mass is 9.85. The fourth-order valence-electron chi connectivity index (χ4n) is 2.08. The highest BCUT2D eigenvalue weighted by atomic mass is 15.1. The van der Waals surface area contributed by atoms with Crippen molar-refractivity contribution in [3.63, 3.8) is 0 Å². The summed E-state index contributed by atoms with van der Waals surface area (Å²) in [6.07, 6.45) is 3.98. The number of para-hydroxylation sites is 2. The van der Waals surface area contributed by atoms with Crippen molar-refractivity contribution >= 4 is 22.7 Å². The molecular weight excluding hydrogens is 212 g/mol. The SMILES string of the molecule is Nc1nc2ccccc2nc1NCC1CCC1. The lowest BCUT2D eigenvalue weighted by Gasteiger charge is -2.25. The lowest BCUT2D eigenvalue weighted by Crippen LogP contribution is -2.22. The second-order valence-electron chi connectivity index (χ2n) is 4.62. The third kappa shape index (κ3) is 2.02. The van der Waals surface area contributed by atoms with Crippen molar-refractivity contribution in [2.75, 3.05) is 17.6 Å². The molecule has 1 aromatic carbocycles. The van der Waals surface area contributed by atoms with Crippen LogP contribution in [0.25, 0.3) is 11.0 Å². The molecule has 0 aliphatic heterocycles. The number of nitrogens with zero attached hydrogens (tertiary/aromatic N) is 2. The van der Waals surface area contributed by atoms with Crippen LogP contribution in [0.2, 0.25) is 0 Å². The minimum atomic E-state index is 0.489. The van der Waals surface area contributed by atoms with Crippen LogP contribution in [0.5, 0.6) is 0 Å². The number of nitrogens with two attached hydrogens (primary N) is 1. The fourth-order valence-corrected chi connectivity index (χ4v) is 2.08. The number of benzene rings is 1. The number of anilines is 2. The van der Waals surface area contributed by atoms with Gasteiger partial charge < -0.3 is 11.1 Å². The maximum absolute atomic E-state index is 5.90. The molecule has 4 nitrogen and oxygen atoms in total. The number of nitrogens with one attached hydrogen (secondary N) is 1. The summed E-state index contributed by atoms with van der Waals surface area (Å²) in [5, 5.41) is 3.31. The molecule has 0 saturated heterocycles. The van der Waals surface area contributed by atoms with E-state index in [1.807, 2.05) is 24.3 Å². The van der Waals surface area contributed by atoms with Gasteiger partial charge in [-0.3, -0.25) is 0 Å². The summed E-state index contributed by atoms with van der Waals surface area (Å²) in [5.74, 6) is 1.99. The summed E-state index contributed by atoms with van der Waals surface area (Å²) < 4.78 is 0. The molecule has 0 unspecified atom stereocenters. The molecule has 0 atom stereocenters. The highest BCUT2D eigenvalue weighted by Crippen LogP contribution is 2.27. The van der Waals surface area contributed by atoms with Gasteiger partial charge in [0.2, 0.25) is 0 Å². The topological polar surface area (TPSA) is 63.8 Å². The Bertz CT molecular complexity index is 534. The lowest BCUT2D eigenvalue weighted by molar-refractivity contribution is 0.333. The molecule has 1 aromatic heterocycles. The summed E-state index contributed by atoms with van der Waals surface area (Å²) in [4.78, 5) is 8.86. The molecule has 1 heterocycles. The summed E-state index contributed by atoms with van der Waals surface area (Å²) in [6, 6.07) is 7.78. The van der Waals surface area contributed by atoms with Crippen LogP contribution in [-0.4, -0.2) is 16.5 Å². The van der Waals surface area contributed by atoms with Gasteiger partial charge in [-0.1, -0.05) is 18.6 Å². The van der Waals surface area contributed by atoms with Gasteiger partial charge in [-0.15, -0.1) is 0 Å². The van der Waals surface area contributed by atoms with Crippen molar-refractivity contribution < 1.29 is 0 Å². The van der Waals surface area contributed by atoms with Crippen LogP contribution in [0, 0.1) is 5.92 Å². The van der Waals surface area contributed by atoms with Crippen LogP contribution in [0.1, 0.15) is 19.3 Å². The van der Waals surface area contributed by atoms with E-state index in [1.165, 1.54) is 19.3 Å². The Morgan fingerprint density at radius 2 is 1.88 bits per heavy atom. The Balaban J connectivity index is 1.84. The second kappa shape index (κ2) is 4.20. The number of hydrogen-bond donors (Lipinski definition) is 2. The van der Waals surface area contributed by atoms with Gasteiger partial charge in [0, 0.05) is 6.54 Å². The molecule has 0 radical (unpaired) electrons. The first kappa shape index (κ1) is 10.3. The van der Waals surface area contributed by atoms with Crippen LogP contribution < -0.4 is 11.1 Å². The molecule has 0 spiro atoms. The molecule has 1 aliphatic rings. The quantitative estimate of drug-likeness (QED) is 0.846. The highest BCUT2D eigenvalue weighted by Gasteiger charge is 2.17. The van der Waals surface area contributed by atoms with E-state index in [9.17, 15) is 0 Å². The monoisotopic (exact) mass is 228 g/mol. The van der Waals surface area contributed by atoms with E-state index < -0.39 is 0 Å². The first-order chi connectivity index (χ1) is 8.33. The highest BCUT2D eigenvalue weighted by molar-refractivity contribution is 5.79. The predicted octanol–water partition coefficient (Wildman–Crippen LogP) is 2.42. The standard InChI is InChI=1S/C13H16N4/c14-12-13(15-8-9-4-3-5-9)17-11-7-2-1-6-10(11)16-12/h1-2,6-7,9H,3-5,8H2,(H2,14,16)(H,15,17). The van der Waals surface area contributed by atoms with E-state index >= 15 is 0 Å². The van der Waals surface area contributed by atoms with Crippen molar-refractivity contribution in [2.45, 2.75) is 19.3 Å². The Morgan fingerprint density at radius 1 is 1.18 bits per heavy atom. The number of fused-ring (bicyclic) bond motifs is 1. The van der Waals surface area contributed by atoms with Crippen LogP contribution >= 0.6 is 0 Å². The summed E-state index contributed by atoms with van der Waals surface area (Å²) in [7, 11) is 0. The molecule has 3 rings (SSSR count). The Kier molecular flexibility index (Phi) is 2.55. The second-order valence-corrected chi connectivity index (χ2v) is 4.62. The molecule has 4 heteroatoms. The molecule has 88 valence electrons. The van der Waals surface area contributed by atoms with Crippen LogP contribution in [-0.2, 0) is 0 Å². The van der Waals surface area contributed by atoms with Crippen molar-refractivity contribution in [2.24, 2.45) is 5.92 Å². The molecule has 1 fully saturated rings. The number of hydrogen-bond acceptors (Lipinski definition) is 4. The van der Waals surface area contributed by atoms with E-state index in [-0.39, 0.29) is 0 Å². The summed E-state index contributed by atoms with van der Waals surface area (Å²) in [6.45, 7) is 0.956. The van der Waals surface area contributed by atoms with Crippen molar-refractivity contribution in [3.05, 3.63) is 24.3 Å². The molecule has 1 saturated carbocycles. The Labute approximate surface area is 100 Å². The fraction of sp³-hybridized carbons (Fsp3) is 0.385. The van der Waals surface area contributed by atoms with Gasteiger partial charge in [0.15, 0.2) is 11.6 Å². The van der Waals surface area contributed by atoms with E-state index in [1.54, 1.807) is 0 Å².